The van der Waals surface area contributed by atoms with Crippen molar-refractivity contribution < 1.29 is 4.79 Å². The smallest absolute Gasteiger partial charge is 0.251 e. The van der Waals surface area contributed by atoms with Crippen molar-refractivity contribution in [2.45, 2.75) is 33.0 Å². The van der Waals surface area contributed by atoms with Gasteiger partial charge in [0, 0.05) is 31.2 Å². The van der Waals surface area contributed by atoms with E-state index < -0.39 is 0 Å². The van der Waals surface area contributed by atoms with E-state index in [9.17, 15) is 4.79 Å². The maximum absolute atomic E-state index is 12.1. The summed E-state index contributed by atoms with van der Waals surface area (Å²) in [5.74, 6) is 1.03. The predicted octanol–water partition coefficient (Wildman–Crippen LogP) is 3.36. The van der Waals surface area contributed by atoms with E-state index in [-0.39, 0.29) is 5.91 Å². The van der Waals surface area contributed by atoms with Crippen LogP contribution in [-0.4, -0.2) is 33.4 Å². The summed E-state index contributed by atoms with van der Waals surface area (Å²) < 4.78 is 2.28. The highest BCUT2D eigenvalue weighted by atomic mass is 16.1. The lowest BCUT2D eigenvalue weighted by Gasteiger charge is -2.33. The molecule has 5 nitrogen and oxygen atoms in total. The first-order chi connectivity index (χ1) is 12.7. The number of carbonyl (C=O) groups is 1. The summed E-state index contributed by atoms with van der Waals surface area (Å²) in [6.45, 7) is 7.54. The van der Waals surface area contributed by atoms with Gasteiger partial charge in [0.15, 0.2) is 0 Å². The number of nitrogens with one attached hydrogen (secondary N) is 1. The van der Waals surface area contributed by atoms with Crippen LogP contribution in [0.3, 0.4) is 0 Å². The topological polar surface area (TPSA) is 50.2 Å². The van der Waals surface area contributed by atoms with Crippen molar-refractivity contribution >= 4 is 16.9 Å². The Morgan fingerprint density at radius 3 is 2.77 bits per heavy atom. The minimum atomic E-state index is -0.0419. The van der Waals surface area contributed by atoms with Gasteiger partial charge in [-0.15, -0.1) is 0 Å². The first-order valence-corrected chi connectivity index (χ1v) is 9.23. The summed E-state index contributed by atoms with van der Waals surface area (Å²) >= 11 is 0. The van der Waals surface area contributed by atoms with Gasteiger partial charge in [0.1, 0.15) is 5.82 Å². The zero-order valence-electron chi connectivity index (χ0n) is 15.3. The Kier molecular flexibility index (Phi) is 4.47. The average molecular weight is 348 g/mol. The fourth-order valence-corrected chi connectivity index (χ4v) is 3.72. The minimum absolute atomic E-state index is 0.0419. The largest absolute Gasteiger partial charge is 0.352 e. The van der Waals surface area contributed by atoms with Crippen molar-refractivity contribution in [2.24, 2.45) is 0 Å². The van der Waals surface area contributed by atoms with Crippen LogP contribution in [0.5, 0.6) is 0 Å². The number of aromatic nitrogens is 2. The number of imidazole rings is 1. The number of amides is 1. The third kappa shape index (κ3) is 2.99. The fourth-order valence-electron chi connectivity index (χ4n) is 3.72. The van der Waals surface area contributed by atoms with Crippen LogP contribution in [-0.2, 0) is 13.1 Å². The van der Waals surface area contributed by atoms with Gasteiger partial charge in [-0.1, -0.05) is 30.3 Å². The Labute approximate surface area is 153 Å². The SMILES string of the molecule is CCNC(=O)c1ccc2c(c1)nc1n2CCN([C@H](C)c2ccccc2)C1. The summed E-state index contributed by atoms with van der Waals surface area (Å²) in [6.07, 6.45) is 0. The van der Waals surface area contributed by atoms with Crippen LogP contribution in [0.15, 0.2) is 48.5 Å². The van der Waals surface area contributed by atoms with Crippen LogP contribution >= 0.6 is 0 Å². The third-order valence-corrected chi connectivity index (χ3v) is 5.21. The molecule has 1 amide bonds. The van der Waals surface area contributed by atoms with Crippen molar-refractivity contribution in [1.29, 1.82) is 0 Å². The van der Waals surface area contributed by atoms with Gasteiger partial charge >= 0.3 is 0 Å². The quantitative estimate of drug-likeness (QED) is 0.786. The molecule has 134 valence electrons. The summed E-state index contributed by atoms with van der Waals surface area (Å²) in [6, 6.07) is 16.8. The average Bonchev–Trinajstić information content (AvgIpc) is 3.05. The van der Waals surface area contributed by atoms with Gasteiger partial charge in [0.25, 0.3) is 5.91 Å². The van der Waals surface area contributed by atoms with Crippen molar-refractivity contribution in [3.63, 3.8) is 0 Å². The number of benzene rings is 2. The number of hydrogen-bond acceptors (Lipinski definition) is 3. The van der Waals surface area contributed by atoms with Crippen molar-refractivity contribution in [3.05, 3.63) is 65.5 Å². The van der Waals surface area contributed by atoms with E-state index in [1.165, 1.54) is 5.56 Å². The van der Waals surface area contributed by atoms with Crippen molar-refractivity contribution in [2.75, 3.05) is 13.1 Å². The number of fused-ring (bicyclic) bond motifs is 3. The molecule has 1 N–H and O–H groups in total. The summed E-state index contributed by atoms with van der Waals surface area (Å²) in [5.41, 5.74) is 4.01. The number of hydrogen-bond donors (Lipinski definition) is 1. The van der Waals surface area contributed by atoms with Gasteiger partial charge < -0.3 is 9.88 Å². The Hall–Kier alpha value is -2.66. The maximum atomic E-state index is 12.1. The second-order valence-electron chi connectivity index (χ2n) is 6.80. The van der Waals surface area contributed by atoms with Gasteiger partial charge in [-0.25, -0.2) is 4.98 Å². The van der Waals surface area contributed by atoms with Crippen LogP contribution in [0.4, 0.5) is 0 Å². The first-order valence-electron chi connectivity index (χ1n) is 9.23. The van der Waals surface area contributed by atoms with Crippen LogP contribution in [0.2, 0.25) is 0 Å². The summed E-state index contributed by atoms with van der Waals surface area (Å²) in [7, 11) is 0. The van der Waals surface area contributed by atoms with E-state index in [1.54, 1.807) is 0 Å². The van der Waals surface area contributed by atoms with Gasteiger partial charge in [-0.2, -0.15) is 0 Å². The van der Waals surface area contributed by atoms with Crippen LogP contribution in [0.25, 0.3) is 11.0 Å². The molecule has 1 aromatic heterocycles. The van der Waals surface area contributed by atoms with E-state index in [4.69, 9.17) is 4.98 Å². The lowest BCUT2D eigenvalue weighted by atomic mass is 10.1. The van der Waals surface area contributed by atoms with Gasteiger partial charge in [-0.3, -0.25) is 9.69 Å². The normalized spacial score (nSPS) is 15.6. The molecule has 1 atom stereocenters. The fraction of sp³-hybridized carbons (Fsp3) is 0.333. The molecule has 0 saturated carbocycles. The lowest BCUT2D eigenvalue weighted by Crippen LogP contribution is -2.35. The number of nitrogens with zero attached hydrogens (tertiary/aromatic N) is 3. The summed E-state index contributed by atoms with van der Waals surface area (Å²) in [5, 5.41) is 2.85. The lowest BCUT2D eigenvalue weighted by molar-refractivity contribution is 0.0956. The highest BCUT2D eigenvalue weighted by Gasteiger charge is 2.24. The highest BCUT2D eigenvalue weighted by Crippen LogP contribution is 2.27. The molecule has 0 saturated heterocycles. The Morgan fingerprint density at radius 1 is 1.19 bits per heavy atom. The maximum Gasteiger partial charge on any atom is 0.251 e. The van der Waals surface area contributed by atoms with E-state index in [2.05, 4.69) is 52.0 Å². The molecular weight excluding hydrogens is 324 g/mol. The van der Waals surface area contributed by atoms with Crippen molar-refractivity contribution in [3.8, 4) is 0 Å². The molecule has 1 aliphatic rings. The predicted molar refractivity (Wildman–Crippen MR) is 103 cm³/mol. The molecule has 0 bridgehead atoms. The molecule has 0 unspecified atom stereocenters. The molecule has 4 rings (SSSR count). The Bertz CT molecular complexity index is 932. The van der Waals surface area contributed by atoms with Crippen molar-refractivity contribution in [1.82, 2.24) is 19.8 Å². The number of carbonyl (C=O) groups excluding carboxylic acids is 1. The Balaban J connectivity index is 1.61. The molecular formula is C21H24N4O. The monoisotopic (exact) mass is 348 g/mol. The van der Waals surface area contributed by atoms with E-state index in [1.807, 2.05) is 25.1 Å². The van der Waals surface area contributed by atoms with Gasteiger partial charge in [0.05, 0.1) is 17.6 Å². The van der Waals surface area contributed by atoms with Crippen LogP contribution in [0.1, 0.15) is 41.6 Å². The molecule has 2 aromatic carbocycles. The van der Waals surface area contributed by atoms with Gasteiger partial charge in [-0.05, 0) is 37.6 Å². The molecule has 2 heterocycles. The molecule has 0 aliphatic carbocycles. The molecule has 5 heteroatoms. The first kappa shape index (κ1) is 16.8. The van der Waals surface area contributed by atoms with Crippen LogP contribution < -0.4 is 5.32 Å². The zero-order valence-corrected chi connectivity index (χ0v) is 15.3. The molecule has 26 heavy (non-hydrogen) atoms. The van der Waals surface area contributed by atoms with Gasteiger partial charge in [0.2, 0.25) is 0 Å². The molecule has 0 spiro atoms. The van der Waals surface area contributed by atoms with E-state index >= 15 is 0 Å². The second kappa shape index (κ2) is 6.92. The highest BCUT2D eigenvalue weighted by molar-refractivity contribution is 5.97. The Morgan fingerprint density at radius 2 is 2.00 bits per heavy atom. The summed E-state index contributed by atoms with van der Waals surface area (Å²) in [4.78, 5) is 19.4. The molecule has 0 fully saturated rings. The zero-order chi connectivity index (χ0) is 18.1. The standard InChI is InChI=1S/C21H24N4O/c1-3-22-21(26)17-9-10-19-18(13-17)23-20-14-24(11-12-25(19)20)15(2)16-7-5-4-6-8-16/h4-10,13,15H,3,11-12,14H2,1-2H3,(H,22,26)/t15-/m1/s1. The molecule has 1 aliphatic heterocycles. The second-order valence-corrected chi connectivity index (χ2v) is 6.80. The van der Waals surface area contributed by atoms with E-state index in [0.29, 0.717) is 18.2 Å². The molecule has 3 aromatic rings. The van der Waals surface area contributed by atoms with Crippen LogP contribution in [0, 0.1) is 0 Å². The van der Waals surface area contributed by atoms with E-state index in [0.717, 1.165) is 36.5 Å². The number of rotatable bonds is 4. The minimum Gasteiger partial charge on any atom is -0.352 e. The third-order valence-electron chi connectivity index (χ3n) is 5.21. The molecule has 0 radical (unpaired) electrons.